The summed E-state index contributed by atoms with van der Waals surface area (Å²) < 4.78 is 0. The van der Waals surface area contributed by atoms with Crippen molar-refractivity contribution in [2.24, 2.45) is 5.92 Å². The molecule has 0 aromatic heterocycles. The summed E-state index contributed by atoms with van der Waals surface area (Å²) in [5, 5.41) is 3.62. The summed E-state index contributed by atoms with van der Waals surface area (Å²) in [4.78, 5) is 34.6. The highest BCUT2D eigenvalue weighted by atomic mass is 16.2. The van der Waals surface area contributed by atoms with Gasteiger partial charge in [-0.15, -0.1) is 0 Å². The fourth-order valence-electron chi connectivity index (χ4n) is 5.51. The first kappa shape index (κ1) is 22.1. The fraction of sp³-hybridized carbons (Fsp3) is 0.462. The monoisotopic (exact) mass is 447 g/mol. The second kappa shape index (κ2) is 9.25. The zero-order chi connectivity index (χ0) is 22.9. The van der Waals surface area contributed by atoms with Crippen molar-refractivity contribution in [3.8, 4) is 0 Å². The summed E-state index contributed by atoms with van der Waals surface area (Å²) in [6.45, 7) is 5.38. The Labute approximate surface area is 195 Å². The van der Waals surface area contributed by atoms with Crippen LogP contribution in [0.15, 0.2) is 60.7 Å². The van der Waals surface area contributed by atoms with Crippen LogP contribution in [0.2, 0.25) is 0 Å². The molecule has 1 N–H and O–H groups in total. The molecule has 5 rings (SSSR count). The van der Waals surface area contributed by atoms with E-state index in [-0.39, 0.29) is 30.4 Å². The average molecular weight is 448 g/mol. The largest absolute Gasteiger partial charge is 0.327 e. The number of urea groups is 1. The number of benzene rings is 2. The molecule has 3 aliphatic heterocycles. The first-order valence-corrected chi connectivity index (χ1v) is 11.9. The number of imide groups is 1. The molecule has 0 radical (unpaired) electrons. The Morgan fingerprint density at radius 2 is 1.48 bits per heavy atom. The van der Waals surface area contributed by atoms with Crippen molar-refractivity contribution >= 4 is 11.9 Å². The number of nitrogens with one attached hydrogen (secondary N) is 1. The van der Waals surface area contributed by atoms with Gasteiger partial charge >= 0.3 is 6.03 Å². The van der Waals surface area contributed by atoms with E-state index in [4.69, 9.17) is 0 Å². The van der Waals surface area contributed by atoms with Crippen LogP contribution >= 0.6 is 0 Å². The van der Waals surface area contributed by atoms with Gasteiger partial charge in [0.05, 0.1) is 0 Å². The molecule has 4 atom stereocenters. The maximum Gasteiger partial charge on any atom is 0.327 e. The van der Waals surface area contributed by atoms with Crippen LogP contribution in [0.5, 0.6) is 0 Å². The maximum atomic E-state index is 13.6. The summed E-state index contributed by atoms with van der Waals surface area (Å²) in [7, 11) is 1.81. The number of carbonyl (C=O) groups is 2. The van der Waals surface area contributed by atoms with Crippen molar-refractivity contribution in [1.29, 1.82) is 0 Å². The first-order chi connectivity index (χ1) is 16.0. The van der Waals surface area contributed by atoms with E-state index in [0.717, 1.165) is 31.6 Å². The third-order valence-corrected chi connectivity index (χ3v) is 7.17. The highest BCUT2D eigenvalue weighted by Crippen LogP contribution is 2.32. The second-order valence-corrected chi connectivity index (χ2v) is 9.58. The highest BCUT2D eigenvalue weighted by Gasteiger charge is 2.56. The molecule has 0 spiro atoms. The molecule has 0 saturated carbocycles. The topological polar surface area (TPSA) is 59.1 Å². The number of amides is 3. The zero-order valence-electron chi connectivity index (χ0n) is 19.4. The predicted octanol–water partition coefficient (Wildman–Crippen LogP) is 2.20. The molecule has 0 aliphatic carbocycles. The van der Waals surface area contributed by atoms with Gasteiger partial charge in [0.2, 0.25) is 0 Å². The molecule has 174 valence electrons. The average Bonchev–Trinajstić information content (AvgIpc) is 3.22. The van der Waals surface area contributed by atoms with Crippen LogP contribution in [-0.2, 0) is 17.6 Å². The summed E-state index contributed by atoms with van der Waals surface area (Å²) >= 11 is 0. The number of rotatable bonds is 6. The van der Waals surface area contributed by atoms with E-state index in [2.05, 4.69) is 46.3 Å². The van der Waals surface area contributed by atoms with E-state index in [1.807, 2.05) is 43.4 Å². The minimum atomic E-state index is -0.351. The van der Waals surface area contributed by atoms with E-state index in [0.29, 0.717) is 18.9 Å². The first-order valence-electron chi connectivity index (χ1n) is 11.9. The molecule has 3 aliphatic rings. The van der Waals surface area contributed by atoms with E-state index in [9.17, 15) is 9.59 Å². The third-order valence-electron chi connectivity index (χ3n) is 7.17. The van der Waals surface area contributed by atoms with Gasteiger partial charge in [-0.1, -0.05) is 67.6 Å². The van der Waals surface area contributed by atoms with Crippen molar-refractivity contribution in [3.63, 3.8) is 0 Å². The van der Waals surface area contributed by atoms with Gasteiger partial charge in [-0.05, 0) is 29.9 Å². The van der Waals surface area contributed by atoms with E-state index in [1.54, 1.807) is 4.90 Å². The van der Waals surface area contributed by atoms with Crippen LogP contribution in [0, 0.1) is 5.92 Å². The van der Waals surface area contributed by atoms with Crippen LogP contribution in [0.1, 0.15) is 18.1 Å². The van der Waals surface area contributed by atoms with Crippen LogP contribution in [0.25, 0.3) is 0 Å². The van der Waals surface area contributed by atoms with Crippen molar-refractivity contribution in [2.45, 2.75) is 38.3 Å². The number of nitrogens with zero attached hydrogens (tertiary/aromatic N) is 4. The predicted molar refractivity (Wildman–Crippen MR) is 127 cm³/mol. The molecule has 0 bridgehead atoms. The van der Waals surface area contributed by atoms with Gasteiger partial charge in [0.25, 0.3) is 5.91 Å². The summed E-state index contributed by atoms with van der Waals surface area (Å²) in [6.07, 6.45) is 1.29. The normalized spacial score (nSPS) is 28.2. The molecule has 4 unspecified atom stereocenters. The van der Waals surface area contributed by atoms with E-state index < -0.39 is 0 Å². The zero-order valence-corrected chi connectivity index (χ0v) is 19.4. The van der Waals surface area contributed by atoms with Crippen molar-refractivity contribution < 1.29 is 9.59 Å². The molecule has 7 heteroatoms. The molecular weight excluding hydrogens is 414 g/mol. The van der Waals surface area contributed by atoms with Gasteiger partial charge < -0.3 is 4.90 Å². The molecule has 2 aromatic carbocycles. The van der Waals surface area contributed by atoms with Crippen LogP contribution in [0.3, 0.4) is 0 Å². The molecule has 3 fully saturated rings. The Morgan fingerprint density at radius 3 is 2.12 bits per heavy atom. The molecule has 33 heavy (non-hydrogen) atoms. The highest BCUT2D eigenvalue weighted by molar-refractivity contribution is 6.00. The molecule has 3 heterocycles. The summed E-state index contributed by atoms with van der Waals surface area (Å²) in [5.74, 6) is 0.372. The van der Waals surface area contributed by atoms with Crippen molar-refractivity contribution in [3.05, 3.63) is 71.8 Å². The summed E-state index contributed by atoms with van der Waals surface area (Å²) in [5.41, 5.74) is 2.44. The van der Waals surface area contributed by atoms with Gasteiger partial charge in [-0.3, -0.25) is 24.8 Å². The third kappa shape index (κ3) is 4.28. The number of fused-ring (bicyclic) bond motifs is 3. The number of likely N-dealkylation sites (N-methyl/N-ethyl adjacent to an activating group) is 1. The quantitative estimate of drug-likeness (QED) is 0.736. The Balaban J connectivity index is 1.32. The Kier molecular flexibility index (Phi) is 6.19. The maximum absolute atomic E-state index is 13.6. The van der Waals surface area contributed by atoms with E-state index >= 15 is 0 Å². The fourth-order valence-corrected chi connectivity index (χ4v) is 5.51. The molecule has 3 saturated heterocycles. The molecule has 3 amide bonds. The SMILES string of the molecule is CC1CN(CCc2ccccc2)C2NC3C(C(=O)N(CCc4ccccc4)C(=O)N3C)N2C1. The number of hydrogen-bond acceptors (Lipinski definition) is 5. The number of carbonyl (C=O) groups excluding carboxylic acids is 2. The molecule has 2 aromatic rings. The van der Waals surface area contributed by atoms with Crippen molar-refractivity contribution in [1.82, 2.24) is 24.9 Å². The summed E-state index contributed by atoms with van der Waals surface area (Å²) in [6, 6.07) is 20.0. The molecule has 7 nitrogen and oxygen atoms in total. The van der Waals surface area contributed by atoms with Crippen molar-refractivity contribution in [2.75, 3.05) is 33.2 Å². The Bertz CT molecular complexity index is 985. The lowest BCUT2D eigenvalue weighted by atomic mass is 10.0. The van der Waals surface area contributed by atoms with Gasteiger partial charge in [0, 0.05) is 33.2 Å². The second-order valence-electron chi connectivity index (χ2n) is 9.58. The van der Waals surface area contributed by atoms with Gasteiger partial charge in [0.15, 0.2) is 0 Å². The van der Waals surface area contributed by atoms with Gasteiger partial charge in [-0.2, -0.15) is 0 Å². The lowest BCUT2D eigenvalue weighted by Gasteiger charge is -2.45. The minimum absolute atomic E-state index is 0.0341. The Hall–Kier alpha value is -2.74. The lowest BCUT2D eigenvalue weighted by Crippen LogP contribution is -2.66. The minimum Gasteiger partial charge on any atom is -0.310 e. The lowest BCUT2D eigenvalue weighted by molar-refractivity contribution is -0.140. The Morgan fingerprint density at radius 1 is 0.879 bits per heavy atom. The van der Waals surface area contributed by atoms with Crippen LogP contribution < -0.4 is 5.32 Å². The van der Waals surface area contributed by atoms with Crippen LogP contribution in [-0.4, -0.2) is 83.3 Å². The smallest absolute Gasteiger partial charge is 0.310 e. The molecular formula is C26H33N5O2. The van der Waals surface area contributed by atoms with E-state index in [1.165, 1.54) is 10.5 Å². The number of hydrogen-bond donors (Lipinski definition) is 1. The van der Waals surface area contributed by atoms with Gasteiger partial charge in [0.1, 0.15) is 18.5 Å². The standard InChI is InChI=1S/C26H33N5O2/c1-19-17-29(15-13-20-9-5-3-6-10-20)25-27-23-22(31(25)18-19)24(32)30(26(33)28(23)2)16-14-21-11-7-4-8-12-21/h3-12,19,22-23,25,27H,13-18H2,1-2H3. The van der Waals surface area contributed by atoms with Gasteiger partial charge in [-0.25, -0.2) is 4.79 Å². The van der Waals surface area contributed by atoms with Crippen LogP contribution in [0.4, 0.5) is 4.79 Å².